The molecule has 0 saturated heterocycles. The lowest BCUT2D eigenvalue weighted by Crippen LogP contribution is -2.01. The molecule has 0 N–H and O–H groups in total. The Bertz CT molecular complexity index is 3020. The van der Waals surface area contributed by atoms with Crippen LogP contribution in [-0.4, -0.2) is 29.9 Å². The summed E-state index contributed by atoms with van der Waals surface area (Å²) >= 11 is 0. The maximum Gasteiger partial charge on any atom is 0.164 e. The summed E-state index contributed by atoms with van der Waals surface area (Å²) in [7, 11) is 0. The van der Waals surface area contributed by atoms with Crippen LogP contribution in [0.4, 0.5) is 0 Å². The minimum atomic E-state index is 0.605. The first-order valence-corrected chi connectivity index (χ1v) is 20.6. The molecule has 0 fully saturated rings. The zero-order chi connectivity index (χ0) is 41.2. The molecule has 0 spiro atoms. The van der Waals surface area contributed by atoms with E-state index in [0.29, 0.717) is 34.9 Å². The van der Waals surface area contributed by atoms with Gasteiger partial charge in [-0.15, -0.1) is 0 Å². The van der Waals surface area contributed by atoms with E-state index in [1.54, 1.807) is 0 Å². The van der Waals surface area contributed by atoms with Crippen LogP contribution in [-0.2, 0) is 0 Å². The minimum Gasteiger partial charge on any atom is -0.208 e. The van der Waals surface area contributed by atoms with Gasteiger partial charge in [0.2, 0.25) is 0 Å². The Hall–Kier alpha value is -8.48. The molecule has 2 heterocycles. The van der Waals surface area contributed by atoms with E-state index in [-0.39, 0.29) is 0 Å². The van der Waals surface area contributed by atoms with E-state index in [2.05, 4.69) is 97.1 Å². The average molecular weight is 793 g/mol. The summed E-state index contributed by atoms with van der Waals surface area (Å²) in [6.45, 7) is 0. The van der Waals surface area contributed by atoms with Gasteiger partial charge in [-0.05, 0) is 55.9 Å². The van der Waals surface area contributed by atoms with Crippen molar-refractivity contribution in [1.82, 2.24) is 29.9 Å². The van der Waals surface area contributed by atoms with Crippen molar-refractivity contribution in [3.8, 4) is 90.6 Å². The van der Waals surface area contributed by atoms with Crippen LogP contribution < -0.4 is 0 Å². The quantitative estimate of drug-likeness (QED) is 0.143. The highest BCUT2D eigenvalue weighted by Gasteiger charge is 2.21. The van der Waals surface area contributed by atoms with Crippen LogP contribution in [0.25, 0.3) is 112 Å². The van der Waals surface area contributed by atoms with Gasteiger partial charge in [-0.1, -0.05) is 206 Å². The molecular weight excluding hydrogens is 757 g/mol. The van der Waals surface area contributed by atoms with E-state index < -0.39 is 0 Å². The lowest BCUT2D eigenvalue weighted by molar-refractivity contribution is 1.07. The second-order valence-electron chi connectivity index (χ2n) is 15.1. The lowest BCUT2D eigenvalue weighted by Gasteiger charge is -2.19. The maximum atomic E-state index is 5.11. The van der Waals surface area contributed by atoms with E-state index >= 15 is 0 Å². The number of nitrogens with zero attached hydrogens (tertiary/aromatic N) is 6. The number of aromatic nitrogens is 6. The van der Waals surface area contributed by atoms with Crippen molar-refractivity contribution >= 4 is 21.5 Å². The summed E-state index contributed by atoms with van der Waals surface area (Å²) in [5, 5.41) is 4.39. The summed E-state index contributed by atoms with van der Waals surface area (Å²) in [6.07, 6.45) is 0. The topological polar surface area (TPSA) is 77.3 Å². The second kappa shape index (κ2) is 15.9. The molecule has 9 aromatic carbocycles. The van der Waals surface area contributed by atoms with E-state index in [4.69, 9.17) is 29.9 Å². The predicted octanol–water partition coefficient (Wildman–Crippen LogP) is 13.7. The van der Waals surface area contributed by atoms with Gasteiger partial charge in [-0.2, -0.15) is 0 Å². The van der Waals surface area contributed by atoms with Crippen LogP contribution in [0.2, 0.25) is 0 Å². The maximum absolute atomic E-state index is 5.11. The van der Waals surface area contributed by atoms with Gasteiger partial charge in [0.1, 0.15) is 0 Å². The second-order valence-corrected chi connectivity index (χ2v) is 15.1. The molecular formula is C56H36N6. The monoisotopic (exact) mass is 792 g/mol. The summed E-state index contributed by atoms with van der Waals surface area (Å²) in [5.41, 5.74) is 9.96. The molecule has 0 aliphatic heterocycles. The van der Waals surface area contributed by atoms with Crippen molar-refractivity contribution in [2.24, 2.45) is 0 Å². The Labute approximate surface area is 359 Å². The molecule has 11 aromatic rings. The minimum absolute atomic E-state index is 0.605. The Morgan fingerprint density at radius 3 is 0.661 bits per heavy atom. The summed E-state index contributed by atoms with van der Waals surface area (Å²) in [4.78, 5) is 30.4. The van der Waals surface area contributed by atoms with Gasteiger partial charge >= 0.3 is 0 Å². The van der Waals surface area contributed by atoms with Crippen molar-refractivity contribution < 1.29 is 0 Å². The standard InChI is InChI=1S/C56H36N6/c1-7-19-37(20-8-1)49-45-33-31-44(56-61-53(41-27-15-5-16-28-41)58-54(62-56)42-29-17-6-18-30-42)36-48(45)50(38-21-9-2-10-22-38)46-34-32-43(35-47(46)49)55-59-51(39-23-11-3-12-24-39)57-52(60-55)40-25-13-4-14-26-40/h1-36H. The predicted molar refractivity (Wildman–Crippen MR) is 252 cm³/mol. The number of hydrogen-bond donors (Lipinski definition) is 0. The smallest absolute Gasteiger partial charge is 0.164 e. The SMILES string of the molecule is c1ccc(-c2nc(-c3ccccc3)nc(-c3ccc4c(-c5ccccc5)c5cc(-c6nc(-c7ccccc7)nc(-c7ccccc7)n6)ccc5c(-c5ccccc5)c4c3)n2)cc1. The number of benzene rings is 9. The summed E-state index contributed by atoms with van der Waals surface area (Å²) < 4.78 is 0. The highest BCUT2D eigenvalue weighted by Crippen LogP contribution is 2.46. The van der Waals surface area contributed by atoms with Crippen LogP contribution >= 0.6 is 0 Å². The van der Waals surface area contributed by atoms with Crippen LogP contribution in [0, 0.1) is 0 Å². The zero-order valence-electron chi connectivity index (χ0n) is 33.5. The molecule has 6 heteroatoms. The van der Waals surface area contributed by atoms with E-state index in [1.165, 1.54) is 0 Å². The van der Waals surface area contributed by atoms with Gasteiger partial charge in [0.25, 0.3) is 0 Å². The van der Waals surface area contributed by atoms with Crippen LogP contribution in [0.3, 0.4) is 0 Å². The Morgan fingerprint density at radius 1 is 0.177 bits per heavy atom. The van der Waals surface area contributed by atoms with Gasteiger partial charge in [0.15, 0.2) is 34.9 Å². The molecule has 0 bridgehead atoms. The summed E-state index contributed by atoms with van der Waals surface area (Å²) in [6, 6.07) is 74.9. The molecule has 0 aliphatic carbocycles. The molecule has 290 valence electrons. The molecule has 6 nitrogen and oxygen atoms in total. The van der Waals surface area contributed by atoms with Crippen LogP contribution in [0.15, 0.2) is 218 Å². The van der Waals surface area contributed by atoms with Crippen molar-refractivity contribution in [3.63, 3.8) is 0 Å². The molecule has 2 aromatic heterocycles. The van der Waals surface area contributed by atoms with Gasteiger partial charge < -0.3 is 0 Å². The number of rotatable bonds is 8. The normalized spacial score (nSPS) is 11.2. The van der Waals surface area contributed by atoms with E-state index in [1.807, 2.05) is 121 Å². The third-order valence-corrected chi connectivity index (χ3v) is 11.2. The first-order valence-electron chi connectivity index (χ1n) is 20.6. The van der Waals surface area contributed by atoms with Crippen molar-refractivity contribution in [1.29, 1.82) is 0 Å². The average Bonchev–Trinajstić information content (AvgIpc) is 3.36. The van der Waals surface area contributed by atoms with Crippen molar-refractivity contribution in [2.75, 3.05) is 0 Å². The molecule has 0 atom stereocenters. The molecule has 0 aliphatic rings. The van der Waals surface area contributed by atoms with E-state index in [9.17, 15) is 0 Å². The molecule has 0 radical (unpaired) electrons. The largest absolute Gasteiger partial charge is 0.208 e. The fraction of sp³-hybridized carbons (Fsp3) is 0. The fourth-order valence-electron chi connectivity index (χ4n) is 8.21. The Balaban J connectivity index is 1.18. The molecule has 0 saturated carbocycles. The Morgan fingerprint density at radius 2 is 0.403 bits per heavy atom. The van der Waals surface area contributed by atoms with Crippen LogP contribution in [0.1, 0.15) is 0 Å². The molecule has 11 rings (SSSR count). The van der Waals surface area contributed by atoms with Gasteiger partial charge in [-0.3, -0.25) is 0 Å². The number of hydrogen-bond acceptors (Lipinski definition) is 6. The van der Waals surface area contributed by atoms with Gasteiger partial charge in [0.05, 0.1) is 0 Å². The molecule has 62 heavy (non-hydrogen) atoms. The summed E-state index contributed by atoms with van der Waals surface area (Å²) in [5.74, 6) is 3.70. The van der Waals surface area contributed by atoms with Crippen molar-refractivity contribution in [3.05, 3.63) is 218 Å². The first kappa shape index (κ1) is 36.6. The zero-order valence-corrected chi connectivity index (χ0v) is 33.5. The van der Waals surface area contributed by atoms with Gasteiger partial charge in [0, 0.05) is 33.4 Å². The molecule has 0 amide bonds. The van der Waals surface area contributed by atoms with E-state index in [0.717, 1.165) is 77.2 Å². The third-order valence-electron chi connectivity index (χ3n) is 11.2. The Kier molecular flexibility index (Phi) is 9.41. The highest BCUT2D eigenvalue weighted by atomic mass is 15.0. The molecule has 0 unspecified atom stereocenters. The van der Waals surface area contributed by atoms with Crippen LogP contribution in [0.5, 0.6) is 0 Å². The van der Waals surface area contributed by atoms with Gasteiger partial charge in [-0.25, -0.2) is 29.9 Å². The highest BCUT2D eigenvalue weighted by molar-refractivity contribution is 6.22. The third kappa shape index (κ3) is 6.95. The first-order chi connectivity index (χ1) is 30.7. The van der Waals surface area contributed by atoms with Crippen molar-refractivity contribution in [2.45, 2.75) is 0 Å². The number of fused-ring (bicyclic) bond motifs is 2. The fourth-order valence-corrected chi connectivity index (χ4v) is 8.21. The lowest BCUT2D eigenvalue weighted by atomic mass is 9.84.